The fraction of sp³-hybridized carbons (Fsp3) is 0.333. The summed E-state index contributed by atoms with van der Waals surface area (Å²) in [5.41, 5.74) is 0. The predicted octanol–water partition coefficient (Wildman–Crippen LogP) is 3.75. The van der Waals surface area contributed by atoms with E-state index < -0.39 is 0 Å². The highest BCUT2D eigenvalue weighted by Gasteiger charge is 2.26. The summed E-state index contributed by atoms with van der Waals surface area (Å²) < 4.78 is 2.34. The topological polar surface area (TPSA) is 33.2 Å². The highest BCUT2D eigenvalue weighted by molar-refractivity contribution is 7.97. The highest BCUT2D eigenvalue weighted by Crippen LogP contribution is 2.30. The lowest BCUT2D eigenvalue weighted by Gasteiger charge is -2.29. The molecule has 0 bridgehead atoms. The molecular formula is C15H16N2OS2. The Kier molecular flexibility index (Phi) is 4.50. The molecule has 2 aromatic rings. The smallest absolute Gasteiger partial charge is 0.175 e. The fourth-order valence-corrected chi connectivity index (χ4v) is 4.06. The molecule has 0 radical (unpaired) electrons. The number of aromatic nitrogens is 1. The summed E-state index contributed by atoms with van der Waals surface area (Å²) in [4.78, 5) is 18.4. The number of rotatable bonds is 4. The van der Waals surface area contributed by atoms with Crippen molar-refractivity contribution in [1.29, 1.82) is 0 Å². The Bertz CT molecular complexity index is 549. The van der Waals surface area contributed by atoms with E-state index in [1.54, 1.807) is 23.3 Å². The van der Waals surface area contributed by atoms with Gasteiger partial charge in [0.05, 0.1) is 4.88 Å². The third-order valence-electron chi connectivity index (χ3n) is 3.47. The van der Waals surface area contributed by atoms with Crippen LogP contribution in [-0.2, 0) is 0 Å². The van der Waals surface area contributed by atoms with Crippen LogP contribution in [-0.4, -0.2) is 28.2 Å². The molecule has 3 nitrogen and oxygen atoms in total. The second kappa shape index (κ2) is 6.52. The number of carbonyl (C=O) groups is 1. The van der Waals surface area contributed by atoms with E-state index in [0.717, 1.165) is 30.8 Å². The van der Waals surface area contributed by atoms with E-state index in [4.69, 9.17) is 0 Å². The summed E-state index contributed by atoms with van der Waals surface area (Å²) in [6.45, 7) is 1.93. The van der Waals surface area contributed by atoms with Crippen LogP contribution in [0.4, 0.5) is 0 Å². The number of ketones is 1. The third-order valence-corrected chi connectivity index (χ3v) is 5.46. The quantitative estimate of drug-likeness (QED) is 0.636. The summed E-state index contributed by atoms with van der Waals surface area (Å²) in [6, 6.07) is 7.93. The van der Waals surface area contributed by atoms with E-state index >= 15 is 0 Å². The number of carbonyl (C=O) groups excluding carboxylic acids is 1. The fourth-order valence-electron chi connectivity index (χ4n) is 2.38. The Balaban J connectivity index is 1.53. The molecule has 104 valence electrons. The minimum Gasteiger partial charge on any atom is -0.293 e. The van der Waals surface area contributed by atoms with Gasteiger partial charge in [-0.05, 0) is 48.4 Å². The minimum absolute atomic E-state index is 0.197. The molecular weight excluding hydrogens is 288 g/mol. The number of hydrogen-bond donors (Lipinski definition) is 0. The Morgan fingerprint density at radius 1 is 1.25 bits per heavy atom. The van der Waals surface area contributed by atoms with E-state index in [-0.39, 0.29) is 5.92 Å². The van der Waals surface area contributed by atoms with Gasteiger partial charge in [-0.1, -0.05) is 6.07 Å². The maximum absolute atomic E-state index is 12.3. The first-order chi connectivity index (χ1) is 9.83. The molecule has 0 unspecified atom stereocenters. The molecule has 0 aliphatic carbocycles. The third kappa shape index (κ3) is 3.29. The predicted molar refractivity (Wildman–Crippen MR) is 83.0 cm³/mol. The van der Waals surface area contributed by atoms with Crippen molar-refractivity contribution in [2.75, 3.05) is 13.1 Å². The largest absolute Gasteiger partial charge is 0.293 e. The van der Waals surface area contributed by atoms with Crippen LogP contribution in [0.15, 0.2) is 46.9 Å². The molecule has 0 saturated carbocycles. The van der Waals surface area contributed by atoms with Crippen molar-refractivity contribution >= 4 is 29.1 Å². The summed E-state index contributed by atoms with van der Waals surface area (Å²) in [6.07, 6.45) is 5.54. The van der Waals surface area contributed by atoms with Crippen LogP contribution in [0.1, 0.15) is 22.5 Å². The van der Waals surface area contributed by atoms with Gasteiger partial charge < -0.3 is 0 Å². The lowest BCUT2D eigenvalue weighted by atomic mass is 9.93. The van der Waals surface area contributed by atoms with Crippen molar-refractivity contribution in [3.8, 4) is 0 Å². The number of Topliss-reactive ketones (excluding diaryl/α,β-unsaturated/α-hetero) is 1. The van der Waals surface area contributed by atoms with Gasteiger partial charge in [-0.15, -0.1) is 11.3 Å². The van der Waals surface area contributed by atoms with Crippen molar-refractivity contribution in [1.82, 2.24) is 9.29 Å². The average molecular weight is 304 g/mol. The molecule has 3 rings (SSSR count). The maximum Gasteiger partial charge on any atom is 0.175 e. The molecule has 20 heavy (non-hydrogen) atoms. The van der Waals surface area contributed by atoms with Crippen LogP contribution in [0.3, 0.4) is 0 Å². The summed E-state index contributed by atoms with van der Waals surface area (Å²) in [7, 11) is 0. The van der Waals surface area contributed by atoms with Crippen LogP contribution < -0.4 is 0 Å². The Morgan fingerprint density at radius 2 is 2.00 bits per heavy atom. The maximum atomic E-state index is 12.3. The lowest BCUT2D eigenvalue weighted by Crippen LogP contribution is -2.32. The van der Waals surface area contributed by atoms with Gasteiger partial charge in [0.15, 0.2) is 5.78 Å². The standard InChI is InChI=1S/C15H16N2OS2/c18-15(14-2-1-11-19-14)12-5-9-17(10-6-12)20-13-3-7-16-8-4-13/h1-4,7-8,11-12H,5-6,9-10H2. The molecule has 0 amide bonds. The molecule has 0 aromatic carbocycles. The number of hydrogen-bond acceptors (Lipinski definition) is 5. The Hall–Kier alpha value is -1.17. The number of nitrogens with zero attached hydrogens (tertiary/aromatic N) is 2. The minimum atomic E-state index is 0.197. The van der Waals surface area contributed by atoms with E-state index in [9.17, 15) is 4.79 Å². The van der Waals surface area contributed by atoms with Gasteiger partial charge >= 0.3 is 0 Å². The van der Waals surface area contributed by atoms with Crippen molar-refractivity contribution in [2.24, 2.45) is 5.92 Å². The van der Waals surface area contributed by atoms with Crippen molar-refractivity contribution in [3.63, 3.8) is 0 Å². The first-order valence-corrected chi connectivity index (χ1v) is 8.39. The Labute approximate surface area is 127 Å². The van der Waals surface area contributed by atoms with Gasteiger partial charge in [0.1, 0.15) is 0 Å². The van der Waals surface area contributed by atoms with Gasteiger partial charge in [0.2, 0.25) is 0 Å². The zero-order valence-electron chi connectivity index (χ0n) is 11.1. The molecule has 2 aromatic heterocycles. The second-order valence-corrected chi connectivity index (χ2v) is 6.94. The highest BCUT2D eigenvalue weighted by atomic mass is 32.2. The molecule has 1 aliphatic heterocycles. The van der Waals surface area contributed by atoms with Gasteiger partial charge in [-0.2, -0.15) is 0 Å². The van der Waals surface area contributed by atoms with Gasteiger partial charge in [0, 0.05) is 36.3 Å². The van der Waals surface area contributed by atoms with Crippen LogP contribution >= 0.6 is 23.3 Å². The summed E-state index contributed by atoms with van der Waals surface area (Å²) in [5.74, 6) is 0.525. The van der Waals surface area contributed by atoms with Gasteiger partial charge in [0.25, 0.3) is 0 Å². The first-order valence-electron chi connectivity index (χ1n) is 6.73. The number of pyridine rings is 1. The van der Waals surface area contributed by atoms with Crippen LogP contribution in [0.5, 0.6) is 0 Å². The van der Waals surface area contributed by atoms with Crippen LogP contribution in [0.25, 0.3) is 0 Å². The van der Waals surface area contributed by atoms with E-state index in [2.05, 4.69) is 9.29 Å². The average Bonchev–Trinajstić information content (AvgIpc) is 3.03. The zero-order chi connectivity index (χ0) is 13.8. The molecule has 0 spiro atoms. The lowest BCUT2D eigenvalue weighted by molar-refractivity contribution is 0.0883. The molecule has 0 atom stereocenters. The molecule has 5 heteroatoms. The van der Waals surface area contributed by atoms with Crippen molar-refractivity contribution in [2.45, 2.75) is 17.7 Å². The second-order valence-electron chi connectivity index (χ2n) is 4.82. The van der Waals surface area contributed by atoms with Crippen molar-refractivity contribution in [3.05, 3.63) is 46.9 Å². The van der Waals surface area contributed by atoms with E-state index in [1.807, 2.05) is 42.0 Å². The molecule has 0 N–H and O–H groups in total. The summed E-state index contributed by atoms with van der Waals surface area (Å²) in [5, 5.41) is 1.97. The molecule has 1 fully saturated rings. The number of piperidine rings is 1. The van der Waals surface area contributed by atoms with Gasteiger partial charge in [-0.3, -0.25) is 9.78 Å². The van der Waals surface area contributed by atoms with E-state index in [0.29, 0.717) is 5.78 Å². The van der Waals surface area contributed by atoms with Crippen LogP contribution in [0.2, 0.25) is 0 Å². The van der Waals surface area contributed by atoms with E-state index in [1.165, 1.54) is 4.90 Å². The normalized spacial score (nSPS) is 17.2. The zero-order valence-corrected chi connectivity index (χ0v) is 12.7. The SMILES string of the molecule is O=C(c1cccs1)C1CCN(Sc2ccncc2)CC1. The molecule has 1 saturated heterocycles. The number of thiophene rings is 1. The monoisotopic (exact) mass is 304 g/mol. The summed E-state index contributed by atoms with van der Waals surface area (Å²) >= 11 is 3.31. The Morgan fingerprint density at radius 3 is 2.65 bits per heavy atom. The van der Waals surface area contributed by atoms with Gasteiger partial charge in [-0.25, -0.2) is 4.31 Å². The first kappa shape index (κ1) is 13.8. The molecule has 3 heterocycles. The van der Waals surface area contributed by atoms with Crippen molar-refractivity contribution < 1.29 is 4.79 Å². The molecule has 1 aliphatic rings. The van der Waals surface area contributed by atoms with Crippen LogP contribution in [0, 0.1) is 5.92 Å².